The van der Waals surface area contributed by atoms with Gasteiger partial charge in [-0.3, -0.25) is 14.5 Å². The van der Waals surface area contributed by atoms with Crippen molar-refractivity contribution in [3.63, 3.8) is 0 Å². The number of nitrogens with one attached hydrogen (secondary N) is 1. The number of halogens is 1. The number of H-pyrrole nitrogens is 1. The van der Waals surface area contributed by atoms with Crippen LogP contribution in [0, 0.1) is 19.7 Å². The van der Waals surface area contributed by atoms with Crippen molar-refractivity contribution in [3.8, 4) is 0 Å². The number of rotatable bonds is 3. The van der Waals surface area contributed by atoms with Crippen molar-refractivity contribution in [2.45, 2.75) is 45.4 Å². The Balaban J connectivity index is 1.35. The third-order valence-corrected chi connectivity index (χ3v) is 6.81. The van der Waals surface area contributed by atoms with Gasteiger partial charge in [-0.1, -0.05) is 0 Å². The molecule has 1 N–H and O–H groups in total. The van der Waals surface area contributed by atoms with Gasteiger partial charge in [0, 0.05) is 60.3 Å². The normalized spacial score (nSPS) is 18.5. The number of aromatic nitrogens is 3. The van der Waals surface area contributed by atoms with Gasteiger partial charge in [0.15, 0.2) is 0 Å². The zero-order valence-corrected chi connectivity index (χ0v) is 18.5. The van der Waals surface area contributed by atoms with Crippen molar-refractivity contribution in [2.75, 3.05) is 25.0 Å². The predicted molar refractivity (Wildman–Crippen MR) is 119 cm³/mol. The Labute approximate surface area is 185 Å². The predicted octanol–water partition coefficient (Wildman–Crippen LogP) is 3.18. The van der Waals surface area contributed by atoms with Crippen molar-refractivity contribution in [1.82, 2.24) is 19.9 Å². The van der Waals surface area contributed by atoms with Crippen molar-refractivity contribution < 1.29 is 14.0 Å². The molecule has 0 unspecified atom stereocenters. The fourth-order valence-electron chi connectivity index (χ4n) is 4.92. The van der Waals surface area contributed by atoms with E-state index < -0.39 is 0 Å². The summed E-state index contributed by atoms with van der Waals surface area (Å²) in [4.78, 5) is 41.4. The van der Waals surface area contributed by atoms with Gasteiger partial charge in [-0.05, 0) is 50.5 Å². The summed E-state index contributed by atoms with van der Waals surface area (Å²) in [6.45, 7) is 5.05. The van der Waals surface area contributed by atoms with Gasteiger partial charge in [-0.25, -0.2) is 14.4 Å². The van der Waals surface area contributed by atoms with Crippen LogP contribution in [0.15, 0.2) is 18.2 Å². The number of likely N-dealkylation sites (tertiary alicyclic amines) is 1. The van der Waals surface area contributed by atoms with Crippen LogP contribution in [0.3, 0.4) is 0 Å². The maximum Gasteiger partial charge on any atom is 0.228 e. The summed E-state index contributed by atoms with van der Waals surface area (Å²) in [7, 11) is 1.76. The molecule has 2 aliphatic heterocycles. The monoisotopic (exact) mass is 435 g/mol. The Morgan fingerprint density at radius 3 is 2.88 bits per heavy atom. The number of carbonyl (C=O) groups excluding carboxylic acids is 2. The minimum atomic E-state index is -0.310. The summed E-state index contributed by atoms with van der Waals surface area (Å²) < 4.78 is 13.8. The van der Waals surface area contributed by atoms with Gasteiger partial charge >= 0.3 is 0 Å². The minimum Gasteiger partial charge on any atom is -0.358 e. The number of carbonyl (C=O) groups is 2. The Kier molecular flexibility index (Phi) is 4.95. The second-order valence-corrected chi connectivity index (χ2v) is 8.84. The summed E-state index contributed by atoms with van der Waals surface area (Å²) in [5.41, 5.74) is 4.50. The Morgan fingerprint density at radius 2 is 2.06 bits per heavy atom. The number of fused-ring (bicyclic) bond motifs is 2. The van der Waals surface area contributed by atoms with Gasteiger partial charge in [-0.2, -0.15) is 0 Å². The van der Waals surface area contributed by atoms with Crippen LogP contribution in [-0.2, 0) is 22.4 Å². The smallest absolute Gasteiger partial charge is 0.228 e. The molecule has 0 aliphatic carbocycles. The number of amides is 2. The number of benzene rings is 1. The van der Waals surface area contributed by atoms with E-state index in [1.54, 1.807) is 18.0 Å². The highest BCUT2D eigenvalue weighted by Gasteiger charge is 2.32. The average molecular weight is 436 g/mol. The first kappa shape index (κ1) is 20.6. The van der Waals surface area contributed by atoms with Crippen LogP contribution in [-0.4, -0.2) is 51.8 Å². The Hall–Kier alpha value is -3.29. The lowest BCUT2D eigenvalue weighted by molar-refractivity contribution is -0.129. The molecular formula is C24H26FN5O2. The van der Waals surface area contributed by atoms with Crippen LogP contribution < -0.4 is 4.90 Å². The molecule has 2 aromatic heterocycles. The van der Waals surface area contributed by atoms with Crippen LogP contribution in [0.4, 0.5) is 10.2 Å². The molecule has 1 saturated heterocycles. The van der Waals surface area contributed by atoms with Crippen LogP contribution in [0.1, 0.15) is 47.1 Å². The molecule has 32 heavy (non-hydrogen) atoms. The van der Waals surface area contributed by atoms with E-state index in [1.165, 1.54) is 12.1 Å². The zero-order valence-electron chi connectivity index (χ0n) is 18.5. The first-order valence-corrected chi connectivity index (χ1v) is 11.0. The van der Waals surface area contributed by atoms with E-state index in [9.17, 15) is 14.0 Å². The highest BCUT2D eigenvalue weighted by Crippen LogP contribution is 2.32. The summed E-state index contributed by atoms with van der Waals surface area (Å²) in [6, 6.07) is 4.60. The summed E-state index contributed by atoms with van der Waals surface area (Å²) in [5.74, 6) is 1.20. The minimum absolute atomic E-state index is 0.0164. The van der Waals surface area contributed by atoms with E-state index in [4.69, 9.17) is 9.97 Å². The van der Waals surface area contributed by atoms with E-state index in [2.05, 4.69) is 4.98 Å². The maximum absolute atomic E-state index is 13.8. The molecule has 5 rings (SSSR count). The quantitative estimate of drug-likeness (QED) is 0.685. The van der Waals surface area contributed by atoms with Gasteiger partial charge in [0.1, 0.15) is 17.5 Å². The van der Waals surface area contributed by atoms with E-state index in [1.807, 2.05) is 18.7 Å². The molecule has 0 saturated carbocycles. The van der Waals surface area contributed by atoms with E-state index >= 15 is 0 Å². The Bertz CT molecular complexity index is 1250. The molecule has 3 aromatic rings. The van der Waals surface area contributed by atoms with Crippen molar-refractivity contribution in [2.24, 2.45) is 0 Å². The molecule has 2 aliphatic rings. The lowest BCUT2D eigenvalue weighted by Gasteiger charge is -2.26. The SMILES string of the molecule is Cc1nc([C@H]2CCN(C(=O)Cc3c(C)[nH]c4ccc(F)cc34)C2)nc2c1CCC(=O)N2C. The fraction of sp³-hybridized carbons (Fsp3) is 0.417. The van der Waals surface area contributed by atoms with Crippen molar-refractivity contribution >= 4 is 28.5 Å². The lowest BCUT2D eigenvalue weighted by Crippen LogP contribution is -2.33. The van der Waals surface area contributed by atoms with Crippen LogP contribution in [0.25, 0.3) is 10.9 Å². The van der Waals surface area contributed by atoms with E-state index in [-0.39, 0.29) is 30.0 Å². The zero-order chi connectivity index (χ0) is 22.6. The number of anilines is 1. The topological polar surface area (TPSA) is 82.2 Å². The number of aryl methyl sites for hydroxylation is 2. The summed E-state index contributed by atoms with van der Waals surface area (Å²) in [6.07, 6.45) is 2.16. The van der Waals surface area contributed by atoms with E-state index in [0.29, 0.717) is 37.6 Å². The largest absolute Gasteiger partial charge is 0.358 e. The van der Waals surface area contributed by atoms with Gasteiger partial charge in [0.05, 0.1) is 6.42 Å². The third kappa shape index (κ3) is 3.43. The number of nitrogens with zero attached hydrogens (tertiary/aromatic N) is 4. The standard InChI is InChI=1S/C24H26FN5O2/c1-13-17-5-7-21(31)29(3)24(17)28-23(27-13)15-8-9-30(12-15)22(32)11-18-14(2)26-20-6-4-16(25)10-19(18)20/h4,6,10,15,26H,5,7-9,11-12H2,1-3H3/t15-/m0/s1. The summed E-state index contributed by atoms with van der Waals surface area (Å²) in [5, 5.41) is 0.757. The molecule has 0 radical (unpaired) electrons. The molecular weight excluding hydrogens is 409 g/mol. The number of hydrogen-bond donors (Lipinski definition) is 1. The molecule has 8 heteroatoms. The molecule has 166 valence electrons. The van der Waals surface area contributed by atoms with Crippen molar-refractivity contribution in [3.05, 3.63) is 52.4 Å². The Morgan fingerprint density at radius 1 is 1.25 bits per heavy atom. The first-order chi connectivity index (χ1) is 15.3. The first-order valence-electron chi connectivity index (χ1n) is 11.0. The van der Waals surface area contributed by atoms with Gasteiger partial charge in [0.25, 0.3) is 0 Å². The number of hydrogen-bond acceptors (Lipinski definition) is 4. The van der Waals surface area contributed by atoms with Gasteiger partial charge in [-0.15, -0.1) is 0 Å². The van der Waals surface area contributed by atoms with Crippen LogP contribution >= 0.6 is 0 Å². The molecule has 4 heterocycles. The molecule has 1 atom stereocenters. The van der Waals surface area contributed by atoms with E-state index in [0.717, 1.165) is 39.8 Å². The maximum atomic E-state index is 13.8. The van der Waals surface area contributed by atoms with Crippen LogP contribution in [0.2, 0.25) is 0 Å². The number of aromatic amines is 1. The second kappa shape index (κ2) is 7.69. The van der Waals surface area contributed by atoms with Gasteiger partial charge in [0.2, 0.25) is 11.8 Å². The average Bonchev–Trinajstić information content (AvgIpc) is 3.36. The van der Waals surface area contributed by atoms with Gasteiger partial charge < -0.3 is 9.88 Å². The fourth-order valence-corrected chi connectivity index (χ4v) is 4.92. The molecule has 0 bridgehead atoms. The highest BCUT2D eigenvalue weighted by atomic mass is 19.1. The van der Waals surface area contributed by atoms with Crippen LogP contribution in [0.5, 0.6) is 0 Å². The lowest BCUT2D eigenvalue weighted by atomic mass is 10.0. The highest BCUT2D eigenvalue weighted by molar-refractivity contribution is 5.95. The molecule has 1 fully saturated rings. The molecule has 0 spiro atoms. The molecule has 7 nitrogen and oxygen atoms in total. The summed E-state index contributed by atoms with van der Waals surface area (Å²) >= 11 is 0. The molecule has 1 aromatic carbocycles. The molecule has 2 amide bonds. The third-order valence-electron chi connectivity index (χ3n) is 6.81. The second-order valence-electron chi connectivity index (χ2n) is 8.84. The van der Waals surface area contributed by atoms with Crippen molar-refractivity contribution in [1.29, 1.82) is 0 Å².